The Morgan fingerprint density at radius 3 is 2.24 bits per heavy atom. The number of nitrogens with one attached hydrogen (secondary N) is 1. The summed E-state index contributed by atoms with van der Waals surface area (Å²) in [6.45, 7) is 1.19. The molecule has 1 N–H and O–H groups in total. The summed E-state index contributed by atoms with van der Waals surface area (Å²) in [7, 11) is -4.03. The third-order valence-corrected chi connectivity index (χ3v) is 7.10. The summed E-state index contributed by atoms with van der Waals surface area (Å²) in [6.07, 6.45) is 1.28. The van der Waals surface area contributed by atoms with Crippen LogP contribution in [0.1, 0.15) is 16.7 Å². The summed E-state index contributed by atoms with van der Waals surface area (Å²) in [5, 5.41) is 4.53. The van der Waals surface area contributed by atoms with Gasteiger partial charge in [-0.2, -0.15) is 9.41 Å². The number of hydrogen-bond acceptors (Lipinski definition) is 4. The minimum Gasteiger partial charge on any atom is -0.272 e. The highest BCUT2D eigenvalue weighted by Crippen LogP contribution is 2.22. The number of amides is 1. The zero-order valence-corrected chi connectivity index (χ0v) is 19.8. The molecule has 0 aliphatic rings. The highest BCUT2D eigenvalue weighted by Gasteiger charge is 2.27. The first-order valence-electron chi connectivity index (χ1n) is 9.74. The fraction of sp³-hybridized carbons (Fsp3) is 0.130. The molecule has 10 heteroatoms. The molecule has 0 spiro atoms. The lowest BCUT2D eigenvalue weighted by atomic mass is 10.2. The molecule has 33 heavy (non-hydrogen) atoms. The molecule has 3 aromatic rings. The molecule has 0 radical (unpaired) electrons. The second-order valence-corrected chi connectivity index (χ2v) is 9.89. The van der Waals surface area contributed by atoms with Gasteiger partial charge in [0, 0.05) is 12.1 Å². The summed E-state index contributed by atoms with van der Waals surface area (Å²) in [4.78, 5) is 12.6. The molecule has 0 fully saturated rings. The van der Waals surface area contributed by atoms with Crippen molar-refractivity contribution in [2.24, 2.45) is 5.10 Å². The predicted molar refractivity (Wildman–Crippen MR) is 127 cm³/mol. The molecule has 172 valence electrons. The first kappa shape index (κ1) is 24.9. The van der Waals surface area contributed by atoms with Crippen molar-refractivity contribution < 1.29 is 17.6 Å². The van der Waals surface area contributed by atoms with E-state index < -0.39 is 28.3 Å². The molecule has 0 unspecified atom stereocenters. The molecule has 0 aromatic heterocycles. The highest BCUT2D eigenvalue weighted by atomic mass is 35.5. The molecule has 0 aliphatic heterocycles. The van der Waals surface area contributed by atoms with Crippen LogP contribution in [0.25, 0.3) is 0 Å². The Labute approximate surface area is 201 Å². The first-order valence-corrected chi connectivity index (χ1v) is 11.9. The monoisotopic (exact) mass is 507 g/mol. The van der Waals surface area contributed by atoms with E-state index in [0.29, 0.717) is 21.2 Å². The van der Waals surface area contributed by atoms with Crippen LogP contribution in [0.2, 0.25) is 10.0 Å². The molecule has 0 saturated heterocycles. The largest absolute Gasteiger partial charge is 0.272 e. The van der Waals surface area contributed by atoms with Gasteiger partial charge in [-0.1, -0.05) is 59.1 Å². The van der Waals surface area contributed by atoms with Crippen LogP contribution in [0, 0.1) is 12.7 Å². The van der Waals surface area contributed by atoms with Crippen molar-refractivity contribution in [1.29, 1.82) is 0 Å². The Balaban J connectivity index is 1.81. The SMILES string of the molecule is Cc1ccc(S(=O)(=O)N(CC(=O)N/N=C\c2c(Cl)cccc2Cl)Cc2ccc(F)cc2)cc1. The molecule has 0 saturated carbocycles. The number of rotatable bonds is 8. The lowest BCUT2D eigenvalue weighted by Gasteiger charge is -2.21. The average Bonchev–Trinajstić information content (AvgIpc) is 2.77. The molecule has 0 aliphatic carbocycles. The predicted octanol–water partition coefficient (Wildman–Crippen LogP) is 4.78. The summed E-state index contributed by atoms with van der Waals surface area (Å²) < 4.78 is 40.7. The van der Waals surface area contributed by atoms with Crippen molar-refractivity contribution in [3.63, 3.8) is 0 Å². The number of carbonyl (C=O) groups is 1. The van der Waals surface area contributed by atoms with Crippen molar-refractivity contribution in [3.05, 3.63) is 99.3 Å². The molecule has 1 amide bonds. The molecule has 3 aromatic carbocycles. The van der Waals surface area contributed by atoms with E-state index in [1.54, 1.807) is 30.3 Å². The van der Waals surface area contributed by atoms with Crippen LogP contribution in [0.4, 0.5) is 4.39 Å². The third kappa shape index (κ3) is 6.61. The van der Waals surface area contributed by atoms with Crippen LogP contribution in [0.15, 0.2) is 76.7 Å². The minimum absolute atomic E-state index is 0.0364. The fourth-order valence-corrected chi connectivity index (χ4v) is 4.76. The molecule has 0 bridgehead atoms. The van der Waals surface area contributed by atoms with E-state index >= 15 is 0 Å². The van der Waals surface area contributed by atoms with Gasteiger partial charge < -0.3 is 0 Å². The van der Waals surface area contributed by atoms with E-state index in [1.807, 2.05) is 6.92 Å². The zero-order chi connectivity index (χ0) is 24.0. The number of nitrogens with zero attached hydrogens (tertiary/aromatic N) is 2. The Morgan fingerprint density at radius 1 is 1.03 bits per heavy atom. The highest BCUT2D eigenvalue weighted by molar-refractivity contribution is 7.89. The van der Waals surface area contributed by atoms with E-state index in [0.717, 1.165) is 9.87 Å². The Morgan fingerprint density at radius 2 is 1.64 bits per heavy atom. The molecule has 3 rings (SSSR count). The lowest BCUT2D eigenvalue weighted by molar-refractivity contribution is -0.121. The zero-order valence-electron chi connectivity index (χ0n) is 17.5. The second kappa shape index (κ2) is 10.9. The van der Waals surface area contributed by atoms with Gasteiger partial charge in [0.2, 0.25) is 10.0 Å². The molecule has 0 atom stereocenters. The number of carbonyl (C=O) groups excluding carboxylic acids is 1. The van der Waals surface area contributed by atoms with Crippen molar-refractivity contribution in [2.75, 3.05) is 6.54 Å². The lowest BCUT2D eigenvalue weighted by Crippen LogP contribution is -2.39. The average molecular weight is 508 g/mol. The topological polar surface area (TPSA) is 78.8 Å². The van der Waals surface area contributed by atoms with Gasteiger partial charge >= 0.3 is 0 Å². The van der Waals surface area contributed by atoms with Gasteiger partial charge in [-0.15, -0.1) is 0 Å². The number of hydrogen-bond donors (Lipinski definition) is 1. The van der Waals surface area contributed by atoms with Gasteiger partial charge in [0.25, 0.3) is 5.91 Å². The van der Waals surface area contributed by atoms with Crippen molar-refractivity contribution in [3.8, 4) is 0 Å². The summed E-state index contributed by atoms with van der Waals surface area (Å²) in [6, 6.07) is 16.6. The molecule has 0 heterocycles. The van der Waals surface area contributed by atoms with Crippen LogP contribution >= 0.6 is 23.2 Å². The number of sulfonamides is 1. The summed E-state index contributed by atoms with van der Waals surface area (Å²) in [5.74, 6) is -1.12. The van der Waals surface area contributed by atoms with Crippen LogP contribution in [0.5, 0.6) is 0 Å². The molecular weight excluding hydrogens is 488 g/mol. The van der Waals surface area contributed by atoms with Gasteiger partial charge in [0.15, 0.2) is 0 Å². The number of benzene rings is 3. The van der Waals surface area contributed by atoms with Gasteiger partial charge in [-0.3, -0.25) is 4.79 Å². The van der Waals surface area contributed by atoms with Crippen LogP contribution in [-0.4, -0.2) is 31.4 Å². The van der Waals surface area contributed by atoms with Crippen molar-refractivity contribution in [2.45, 2.75) is 18.4 Å². The molecule has 6 nitrogen and oxygen atoms in total. The van der Waals surface area contributed by atoms with Crippen LogP contribution in [-0.2, 0) is 21.4 Å². The Bertz CT molecular complexity index is 1240. The maximum absolute atomic E-state index is 13.3. The normalized spacial score (nSPS) is 11.8. The Hall–Kier alpha value is -2.78. The summed E-state index contributed by atoms with van der Waals surface area (Å²) >= 11 is 12.1. The minimum atomic E-state index is -4.03. The van der Waals surface area contributed by atoms with Gasteiger partial charge in [0.05, 0.1) is 27.7 Å². The quantitative estimate of drug-likeness (QED) is 0.351. The van der Waals surface area contributed by atoms with E-state index in [-0.39, 0.29) is 11.4 Å². The maximum atomic E-state index is 13.3. The van der Waals surface area contributed by atoms with Crippen molar-refractivity contribution >= 4 is 45.3 Å². The van der Waals surface area contributed by atoms with E-state index in [2.05, 4.69) is 10.5 Å². The van der Waals surface area contributed by atoms with Crippen LogP contribution < -0.4 is 5.43 Å². The van der Waals surface area contributed by atoms with Crippen LogP contribution in [0.3, 0.4) is 0 Å². The van der Waals surface area contributed by atoms with E-state index in [4.69, 9.17) is 23.2 Å². The third-order valence-electron chi connectivity index (χ3n) is 4.63. The Kier molecular flexibility index (Phi) is 8.20. The number of hydrazone groups is 1. The molecular formula is C23H20Cl2FN3O3S. The van der Waals surface area contributed by atoms with Gasteiger partial charge in [-0.05, 0) is 48.9 Å². The van der Waals surface area contributed by atoms with Crippen molar-refractivity contribution in [1.82, 2.24) is 9.73 Å². The fourth-order valence-electron chi connectivity index (χ4n) is 2.88. The van der Waals surface area contributed by atoms with E-state index in [1.165, 1.54) is 42.6 Å². The second-order valence-electron chi connectivity index (χ2n) is 7.14. The standard InChI is InChI=1S/C23H20Cl2FN3O3S/c1-16-5-11-19(12-6-16)33(31,32)29(14-17-7-9-18(26)10-8-17)15-23(30)28-27-13-20-21(24)3-2-4-22(20)25/h2-13H,14-15H2,1H3,(H,28,30)/b27-13-. The maximum Gasteiger partial charge on any atom is 0.255 e. The van der Waals surface area contributed by atoms with Gasteiger partial charge in [-0.25, -0.2) is 18.2 Å². The van der Waals surface area contributed by atoms with E-state index in [9.17, 15) is 17.6 Å². The summed E-state index contributed by atoms with van der Waals surface area (Å²) in [5.41, 5.74) is 4.12. The van der Waals surface area contributed by atoms with Gasteiger partial charge in [0.1, 0.15) is 5.82 Å². The smallest absolute Gasteiger partial charge is 0.255 e. The number of aryl methyl sites for hydroxylation is 1. The number of halogens is 3. The first-order chi connectivity index (χ1) is 15.7.